The van der Waals surface area contributed by atoms with Gasteiger partial charge >= 0.3 is 0 Å². The van der Waals surface area contributed by atoms with Gasteiger partial charge in [0.1, 0.15) is 12.0 Å². The summed E-state index contributed by atoms with van der Waals surface area (Å²) in [7, 11) is 3.51. The van der Waals surface area contributed by atoms with Crippen LogP contribution in [-0.2, 0) is 4.74 Å². The van der Waals surface area contributed by atoms with Gasteiger partial charge in [0, 0.05) is 43.2 Å². The number of ether oxygens (including phenoxy) is 1. The molecule has 1 aliphatic carbocycles. The van der Waals surface area contributed by atoms with Gasteiger partial charge < -0.3 is 10.1 Å². The maximum absolute atomic E-state index is 16.7. The second-order valence-corrected chi connectivity index (χ2v) is 12.8. The number of amides is 1. The molecule has 0 radical (unpaired) electrons. The number of hydrogen-bond donors (Lipinski definition) is 2. The number of likely N-dealkylation sites (N-methyl/N-ethyl adjacent to an activating group) is 1. The molecule has 3 rings (SSSR count). The van der Waals surface area contributed by atoms with Crippen LogP contribution in [0, 0.1) is 41.2 Å². The van der Waals surface area contributed by atoms with E-state index in [4.69, 9.17) is 9.73 Å². The van der Waals surface area contributed by atoms with Crippen molar-refractivity contribution in [3.8, 4) is 0 Å². The lowest BCUT2D eigenvalue weighted by atomic mass is 9.70. The van der Waals surface area contributed by atoms with E-state index in [-0.39, 0.29) is 47.6 Å². The number of rotatable bonds is 8. The molecular weight excluding hydrogens is 565 g/mol. The highest BCUT2D eigenvalue weighted by atomic mass is 19.2. The van der Waals surface area contributed by atoms with Crippen LogP contribution < -0.4 is 10.6 Å². The maximum Gasteiger partial charge on any atom is 0.258 e. The Hall–Kier alpha value is -2.87. The first-order valence-electron chi connectivity index (χ1n) is 16.0. The molecule has 1 aliphatic heterocycles. The van der Waals surface area contributed by atoms with E-state index in [1.807, 2.05) is 14.0 Å². The number of hydrogen-bond acceptors (Lipinski definition) is 4. The molecule has 7 unspecified atom stereocenters. The molecule has 0 spiro atoms. The summed E-state index contributed by atoms with van der Waals surface area (Å²) in [6.45, 7) is 13.7. The van der Waals surface area contributed by atoms with Crippen molar-refractivity contribution < 1.29 is 22.7 Å². The number of methoxy groups -OCH3 is 1. The zero-order valence-electron chi connectivity index (χ0n) is 27.6. The number of aliphatic imine (C=N–C) groups is 1. The Morgan fingerprint density at radius 2 is 1.89 bits per heavy atom. The van der Waals surface area contributed by atoms with Crippen LogP contribution in [0.3, 0.4) is 0 Å². The van der Waals surface area contributed by atoms with Gasteiger partial charge in [0.15, 0.2) is 11.6 Å². The lowest BCUT2D eigenvalue weighted by Gasteiger charge is -2.43. The van der Waals surface area contributed by atoms with Crippen LogP contribution in [0.1, 0.15) is 84.0 Å². The number of likely N-dealkylation sites (tertiary alicyclic amines) is 1. The number of guanidine groups is 1. The SMILES string of the molecule is CCCC1=C=CC2C(=C(F)CC(C)C1)C(N=C(NC(=O)c1ccc(F)c(F)c1)NC(C)COC)N(C)CC(C)C(CC)C2C. The average Bonchev–Trinajstić information content (AvgIpc) is 3.00. The molecule has 1 amide bonds. The Balaban J connectivity index is 2.21. The molecule has 44 heavy (non-hydrogen) atoms. The second-order valence-electron chi connectivity index (χ2n) is 12.8. The minimum absolute atomic E-state index is 0.0621. The van der Waals surface area contributed by atoms with E-state index >= 15 is 4.39 Å². The van der Waals surface area contributed by atoms with E-state index in [0.29, 0.717) is 30.6 Å². The van der Waals surface area contributed by atoms with Gasteiger partial charge in [-0.25, -0.2) is 18.2 Å². The van der Waals surface area contributed by atoms with Crippen LogP contribution in [0.5, 0.6) is 0 Å². The number of nitrogens with one attached hydrogen (secondary N) is 2. The summed E-state index contributed by atoms with van der Waals surface area (Å²) in [4.78, 5) is 20.3. The van der Waals surface area contributed by atoms with Crippen molar-refractivity contribution >= 4 is 11.9 Å². The molecule has 6 nitrogen and oxygen atoms in total. The predicted octanol–water partition coefficient (Wildman–Crippen LogP) is 7.40. The van der Waals surface area contributed by atoms with E-state index in [0.717, 1.165) is 37.8 Å². The van der Waals surface area contributed by atoms with E-state index in [9.17, 15) is 13.6 Å². The van der Waals surface area contributed by atoms with Gasteiger partial charge in [-0.05, 0) is 80.3 Å². The summed E-state index contributed by atoms with van der Waals surface area (Å²) in [5.74, 6) is -2.27. The van der Waals surface area contributed by atoms with Crippen molar-refractivity contribution in [3.63, 3.8) is 0 Å². The number of carbonyl (C=O) groups excluding carboxylic acids is 1. The van der Waals surface area contributed by atoms with Gasteiger partial charge in [0.25, 0.3) is 5.91 Å². The van der Waals surface area contributed by atoms with Gasteiger partial charge in [-0.2, -0.15) is 0 Å². The van der Waals surface area contributed by atoms with Crippen molar-refractivity contribution in [3.05, 3.63) is 64.2 Å². The third-order valence-corrected chi connectivity index (χ3v) is 8.99. The number of benzene rings is 1. The summed E-state index contributed by atoms with van der Waals surface area (Å²) >= 11 is 0. The molecule has 1 fully saturated rings. The molecule has 0 bridgehead atoms. The summed E-state index contributed by atoms with van der Waals surface area (Å²) in [6, 6.07) is 2.70. The third-order valence-electron chi connectivity index (χ3n) is 8.99. The van der Waals surface area contributed by atoms with Crippen LogP contribution in [0.4, 0.5) is 13.2 Å². The third kappa shape index (κ3) is 9.09. The summed E-state index contributed by atoms with van der Waals surface area (Å²) < 4.78 is 49.6. The standard InChI is InChI=1S/C35H51F3N4O2/c1-9-11-25-12-14-28-24(6)27(10-2)22(4)19-42(7)33(32(28)31(38)17-21(3)16-25)40-35(39-23(5)20-44-8)41-34(43)26-13-15-29(36)30(37)18-26/h13-15,18,21-24,27-28,33H,9-11,16-17,19-20H2,1-8H3,(H2,39,40,41,43). The lowest BCUT2D eigenvalue weighted by Crippen LogP contribution is -2.50. The van der Waals surface area contributed by atoms with E-state index in [1.165, 1.54) is 11.6 Å². The van der Waals surface area contributed by atoms with Crippen LogP contribution in [-0.4, -0.2) is 56.3 Å². The Kier molecular flexibility index (Phi) is 13.3. The number of carbonyl (C=O) groups is 1. The fourth-order valence-corrected chi connectivity index (χ4v) is 6.90. The zero-order chi connectivity index (χ0) is 32.6. The first-order chi connectivity index (χ1) is 20.9. The van der Waals surface area contributed by atoms with Gasteiger partial charge in [-0.3, -0.25) is 15.0 Å². The first-order valence-corrected chi connectivity index (χ1v) is 16.0. The quantitative estimate of drug-likeness (QED) is 0.182. The van der Waals surface area contributed by atoms with Crippen molar-refractivity contribution in [1.29, 1.82) is 0 Å². The van der Waals surface area contributed by atoms with Crippen LogP contribution in [0.2, 0.25) is 0 Å². The fraction of sp³-hybridized carbons (Fsp3) is 0.629. The molecular formula is C35H51F3N4O2. The molecule has 2 aliphatic rings. The minimum Gasteiger partial charge on any atom is -0.383 e. The van der Waals surface area contributed by atoms with Gasteiger partial charge in [-0.15, -0.1) is 5.73 Å². The van der Waals surface area contributed by atoms with Crippen molar-refractivity contribution in [1.82, 2.24) is 15.5 Å². The van der Waals surface area contributed by atoms with Crippen LogP contribution in [0.15, 0.2) is 52.0 Å². The Labute approximate surface area is 261 Å². The van der Waals surface area contributed by atoms with Gasteiger partial charge in [0.05, 0.1) is 6.61 Å². The number of halogens is 3. The van der Waals surface area contributed by atoms with Crippen molar-refractivity contribution in [2.24, 2.45) is 34.6 Å². The number of allylic oxidation sites excluding steroid dienone is 2. The van der Waals surface area contributed by atoms with Crippen LogP contribution >= 0.6 is 0 Å². The smallest absolute Gasteiger partial charge is 0.258 e. The summed E-state index contributed by atoms with van der Waals surface area (Å²) in [5.41, 5.74) is 5.35. The molecule has 7 atom stereocenters. The summed E-state index contributed by atoms with van der Waals surface area (Å²) in [5, 5.41) is 5.95. The van der Waals surface area contributed by atoms with E-state index < -0.39 is 23.7 Å². The van der Waals surface area contributed by atoms with E-state index in [1.54, 1.807) is 7.11 Å². The van der Waals surface area contributed by atoms with Gasteiger partial charge in [0.2, 0.25) is 5.96 Å². The first kappa shape index (κ1) is 35.6. The van der Waals surface area contributed by atoms with Crippen molar-refractivity contribution in [2.75, 3.05) is 27.3 Å². The molecule has 0 saturated carbocycles. The van der Waals surface area contributed by atoms with E-state index in [2.05, 4.69) is 62.0 Å². The molecule has 1 aromatic carbocycles. The molecule has 1 saturated heterocycles. The monoisotopic (exact) mass is 616 g/mol. The lowest BCUT2D eigenvalue weighted by molar-refractivity contribution is 0.0972. The maximum atomic E-state index is 16.7. The molecule has 0 aromatic heterocycles. The number of fused-ring (bicyclic) bond motifs is 1. The van der Waals surface area contributed by atoms with Crippen molar-refractivity contribution in [2.45, 2.75) is 85.9 Å². The fourth-order valence-electron chi connectivity index (χ4n) is 6.90. The Morgan fingerprint density at radius 1 is 1.16 bits per heavy atom. The average molecular weight is 617 g/mol. The zero-order valence-corrected chi connectivity index (χ0v) is 27.6. The Bertz CT molecular complexity index is 1270. The highest BCUT2D eigenvalue weighted by Crippen LogP contribution is 2.43. The van der Waals surface area contributed by atoms with Gasteiger partial charge in [-0.1, -0.05) is 47.5 Å². The molecule has 1 heterocycles. The highest BCUT2D eigenvalue weighted by Gasteiger charge is 2.40. The molecule has 1 aromatic rings. The largest absolute Gasteiger partial charge is 0.383 e. The normalized spacial score (nSPS) is 27.7. The molecule has 9 heteroatoms. The van der Waals surface area contributed by atoms with Crippen LogP contribution in [0.25, 0.3) is 0 Å². The predicted molar refractivity (Wildman–Crippen MR) is 171 cm³/mol. The number of nitrogens with zero attached hydrogens (tertiary/aromatic N) is 2. The minimum atomic E-state index is -1.12. The topological polar surface area (TPSA) is 66.0 Å². The molecule has 244 valence electrons. The summed E-state index contributed by atoms with van der Waals surface area (Å²) in [6.07, 6.45) is 5.31. The molecule has 2 N–H and O–H groups in total. The Morgan fingerprint density at radius 3 is 2.52 bits per heavy atom. The second kappa shape index (κ2) is 16.4. The highest BCUT2D eigenvalue weighted by molar-refractivity contribution is 6.05.